The van der Waals surface area contributed by atoms with Crippen molar-refractivity contribution in [3.8, 4) is 5.75 Å². The molecule has 1 N–H and O–H groups in total. The topological polar surface area (TPSA) is 68.5 Å². The minimum atomic E-state index is -0.178. The number of fused-ring (bicyclic) bond motifs is 3. The number of amides is 1. The van der Waals surface area contributed by atoms with E-state index in [2.05, 4.69) is 22.3 Å². The van der Waals surface area contributed by atoms with Crippen LogP contribution in [0.15, 0.2) is 36.7 Å². The predicted molar refractivity (Wildman–Crippen MR) is 98.3 cm³/mol. The van der Waals surface area contributed by atoms with Crippen molar-refractivity contribution in [1.82, 2.24) is 19.9 Å². The van der Waals surface area contributed by atoms with Gasteiger partial charge in [0.2, 0.25) is 0 Å². The fourth-order valence-corrected chi connectivity index (χ4v) is 3.59. The SMILES string of the molecule is COc1ccccc1CNC(=O)c1cnn2c3c(cnc12)CC(C)CC3. The van der Waals surface area contributed by atoms with Crippen LogP contribution in [0, 0.1) is 5.92 Å². The number of hydrogen-bond acceptors (Lipinski definition) is 4. The molecule has 1 unspecified atom stereocenters. The number of nitrogens with zero attached hydrogens (tertiary/aromatic N) is 3. The lowest BCUT2D eigenvalue weighted by molar-refractivity contribution is 0.0952. The second-order valence-corrected chi connectivity index (χ2v) is 6.87. The molecule has 1 aromatic carbocycles. The molecule has 0 fully saturated rings. The van der Waals surface area contributed by atoms with Crippen LogP contribution in [0.1, 0.15) is 40.5 Å². The highest BCUT2D eigenvalue weighted by molar-refractivity contribution is 5.99. The first-order valence-corrected chi connectivity index (χ1v) is 8.92. The van der Waals surface area contributed by atoms with E-state index in [1.807, 2.05) is 35.0 Å². The van der Waals surface area contributed by atoms with Gasteiger partial charge in [-0.2, -0.15) is 5.10 Å². The van der Waals surface area contributed by atoms with Gasteiger partial charge in [-0.05, 0) is 36.8 Å². The van der Waals surface area contributed by atoms with Gasteiger partial charge in [-0.3, -0.25) is 4.79 Å². The summed E-state index contributed by atoms with van der Waals surface area (Å²) in [6, 6.07) is 7.65. The maximum atomic E-state index is 12.7. The maximum Gasteiger partial charge on any atom is 0.257 e. The molecule has 1 amide bonds. The highest BCUT2D eigenvalue weighted by Gasteiger charge is 2.22. The molecule has 0 saturated heterocycles. The van der Waals surface area contributed by atoms with Crippen LogP contribution < -0.4 is 10.1 Å². The lowest BCUT2D eigenvalue weighted by Gasteiger charge is -2.21. The summed E-state index contributed by atoms with van der Waals surface area (Å²) in [6.45, 7) is 2.65. The van der Waals surface area contributed by atoms with Gasteiger partial charge < -0.3 is 10.1 Å². The van der Waals surface area contributed by atoms with Gasteiger partial charge >= 0.3 is 0 Å². The first kappa shape index (κ1) is 16.6. The molecule has 0 aliphatic heterocycles. The Kier molecular flexibility index (Phi) is 4.32. The molecule has 1 aliphatic rings. The highest BCUT2D eigenvalue weighted by Crippen LogP contribution is 2.26. The molecule has 0 saturated carbocycles. The van der Waals surface area contributed by atoms with Gasteiger partial charge in [0.1, 0.15) is 11.3 Å². The summed E-state index contributed by atoms with van der Waals surface area (Å²) in [7, 11) is 1.62. The van der Waals surface area contributed by atoms with Crippen LogP contribution in [0.2, 0.25) is 0 Å². The Hall–Kier alpha value is -2.89. The van der Waals surface area contributed by atoms with E-state index in [4.69, 9.17) is 4.74 Å². The Balaban J connectivity index is 1.58. The average molecular weight is 350 g/mol. The standard InChI is InChI=1S/C20H22N4O2/c1-13-7-8-17-15(9-13)11-21-19-16(12-23-24(17)19)20(25)22-10-14-5-3-4-6-18(14)26-2/h3-6,11-13H,7-10H2,1-2H3,(H,22,25). The number of carbonyl (C=O) groups excluding carboxylic acids is 1. The third-order valence-electron chi connectivity index (χ3n) is 5.03. The molecule has 26 heavy (non-hydrogen) atoms. The van der Waals surface area contributed by atoms with E-state index in [0.29, 0.717) is 23.7 Å². The van der Waals surface area contributed by atoms with E-state index >= 15 is 0 Å². The largest absolute Gasteiger partial charge is 0.496 e. The van der Waals surface area contributed by atoms with Crippen LogP contribution in [-0.4, -0.2) is 27.6 Å². The van der Waals surface area contributed by atoms with Crippen LogP contribution in [0.5, 0.6) is 5.75 Å². The Morgan fingerprint density at radius 1 is 1.35 bits per heavy atom. The van der Waals surface area contributed by atoms with E-state index < -0.39 is 0 Å². The molecule has 3 aromatic rings. The molecule has 0 radical (unpaired) electrons. The van der Waals surface area contributed by atoms with Crippen LogP contribution in [0.25, 0.3) is 5.65 Å². The van der Waals surface area contributed by atoms with Crippen molar-refractivity contribution in [2.75, 3.05) is 7.11 Å². The summed E-state index contributed by atoms with van der Waals surface area (Å²) in [5.41, 5.74) is 4.47. The summed E-state index contributed by atoms with van der Waals surface area (Å²) < 4.78 is 7.16. The Bertz CT molecular complexity index is 964. The van der Waals surface area contributed by atoms with Crippen LogP contribution in [-0.2, 0) is 19.4 Å². The van der Waals surface area contributed by atoms with E-state index in [1.165, 1.54) is 11.3 Å². The molecule has 4 rings (SSSR count). The molecule has 134 valence electrons. The third-order valence-corrected chi connectivity index (χ3v) is 5.03. The van der Waals surface area contributed by atoms with Gasteiger partial charge in [-0.1, -0.05) is 25.1 Å². The number of hydrogen-bond donors (Lipinski definition) is 1. The number of nitrogens with one attached hydrogen (secondary N) is 1. The van der Waals surface area contributed by atoms with Crippen molar-refractivity contribution in [2.45, 2.75) is 32.7 Å². The minimum absolute atomic E-state index is 0.178. The second kappa shape index (κ2) is 6.78. The van der Waals surface area contributed by atoms with E-state index in [-0.39, 0.29) is 5.91 Å². The Morgan fingerprint density at radius 3 is 3.04 bits per heavy atom. The number of methoxy groups -OCH3 is 1. The van der Waals surface area contributed by atoms with Gasteiger partial charge in [0.15, 0.2) is 5.65 Å². The Labute approximate surface area is 152 Å². The number of carbonyl (C=O) groups is 1. The second-order valence-electron chi connectivity index (χ2n) is 6.87. The fraction of sp³-hybridized carbons (Fsp3) is 0.350. The molecule has 1 aliphatic carbocycles. The van der Waals surface area contributed by atoms with E-state index in [0.717, 1.165) is 30.6 Å². The van der Waals surface area contributed by atoms with E-state index in [9.17, 15) is 4.79 Å². The average Bonchev–Trinajstić information content (AvgIpc) is 3.10. The summed E-state index contributed by atoms with van der Waals surface area (Å²) in [5, 5.41) is 7.38. The number of ether oxygens (including phenoxy) is 1. The summed E-state index contributed by atoms with van der Waals surface area (Å²) in [4.78, 5) is 17.2. The predicted octanol–water partition coefficient (Wildman–Crippen LogP) is 2.79. The van der Waals surface area contributed by atoms with Gasteiger partial charge in [-0.15, -0.1) is 0 Å². The number of aromatic nitrogens is 3. The zero-order valence-electron chi connectivity index (χ0n) is 15.0. The lowest BCUT2D eigenvalue weighted by Crippen LogP contribution is -2.23. The van der Waals surface area contributed by atoms with Gasteiger partial charge in [0, 0.05) is 24.0 Å². The van der Waals surface area contributed by atoms with Gasteiger partial charge in [0.25, 0.3) is 5.91 Å². The molecule has 6 nitrogen and oxygen atoms in total. The number of rotatable bonds is 4. The highest BCUT2D eigenvalue weighted by atomic mass is 16.5. The maximum absolute atomic E-state index is 12.7. The molecule has 6 heteroatoms. The Morgan fingerprint density at radius 2 is 2.19 bits per heavy atom. The molecule has 0 spiro atoms. The smallest absolute Gasteiger partial charge is 0.257 e. The van der Waals surface area contributed by atoms with Crippen molar-refractivity contribution in [3.05, 3.63) is 59.0 Å². The van der Waals surface area contributed by atoms with Crippen LogP contribution in [0.3, 0.4) is 0 Å². The molecular weight excluding hydrogens is 328 g/mol. The quantitative estimate of drug-likeness (QED) is 0.786. The minimum Gasteiger partial charge on any atom is -0.496 e. The van der Waals surface area contributed by atoms with Crippen molar-refractivity contribution < 1.29 is 9.53 Å². The first-order valence-electron chi connectivity index (χ1n) is 8.92. The number of benzene rings is 1. The zero-order chi connectivity index (χ0) is 18.1. The van der Waals surface area contributed by atoms with Crippen molar-refractivity contribution in [2.24, 2.45) is 5.92 Å². The zero-order valence-corrected chi connectivity index (χ0v) is 15.0. The number of aryl methyl sites for hydroxylation is 1. The normalized spacial score (nSPS) is 16.3. The molecule has 2 aromatic heterocycles. The van der Waals surface area contributed by atoms with Gasteiger partial charge in [0.05, 0.1) is 13.3 Å². The summed E-state index contributed by atoms with van der Waals surface area (Å²) in [6.07, 6.45) is 6.64. The van der Waals surface area contributed by atoms with Crippen LogP contribution >= 0.6 is 0 Å². The summed E-state index contributed by atoms with van der Waals surface area (Å²) >= 11 is 0. The monoisotopic (exact) mass is 350 g/mol. The lowest BCUT2D eigenvalue weighted by atomic mass is 9.89. The molecule has 2 heterocycles. The van der Waals surface area contributed by atoms with Crippen molar-refractivity contribution >= 4 is 11.6 Å². The number of para-hydroxylation sites is 1. The van der Waals surface area contributed by atoms with Crippen LogP contribution in [0.4, 0.5) is 0 Å². The van der Waals surface area contributed by atoms with Crippen molar-refractivity contribution in [3.63, 3.8) is 0 Å². The third kappa shape index (κ3) is 2.92. The van der Waals surface area contributed by atoms with E-state index in [1.54, 1.807) is 13.3 Å². The van der Waals surface area contributed by atoms with Crippen molar-refractivity contribution in [1.29, 1.82) is 0 Å². The van der Waals surface area contributed by atoms with Gasteiger partial charge in [-0.25, -0.2) is 9.50 Å². The molecule has 1 atom stereocenters. The molecule has 0 bridgehead atoms. The summed E-state index contributed by atoms with van der Waals surface area (Å²) in [5.74, 6) is 1.25. The fourth-order valence-electron chi connectivity index (χ4n) is 3.59. The first-order chi connectivity index (χ1) is 12.7. The molecular formula is C20H22N4O2.